The predicted molar refractivity (Wildman–Crippen MR) is 92.0 cm³/mol. The van der Waals surface area contributed by atoms with Crippen molar-refractivity contribution in [2.45, 2.75) is 38.6 Å². The number of nitrogens with one attached hydrogen (secondary N) is 1. The fraction of sp³-hybridized carbons (Fsp3) is 0.368. The second-order valence-corrected chi connectivity index (χ2v) is 5.94. The van der Waals surface area contributed by atoms with Gasteiger partial charge in [0.05, 0.1) is 0 Å². The molecule has 0 radical (unpaired) electrons. The minimum absolute atomic E-state index is 0.542. The Hall–Kier alpha value is -1.31. The van der Waals surface area contributed by atoms with Crippen LogP contribution in [0.3, 0.4) is 0 Å². The maximum atomic E-state index is 5.95. The molecule has 1 N–H and O–H groups in total. The summed E-state index contributed by atoms with van der Waals surface area (Å²) in [7, 11) is 0. The largest absolute Gasteiger partial charge is 0.313 e. The molecule has 0 aliphatic carbocycles. The summed E-state index contributed by atoms with van der Waals surface area (Å²) in [6.45, 7) is 3.27. The third-order valence-corrected chi connectivity index (χ3v) is 3.97. The lowest BCUT2D eigenvalue weighted by Gasteiger charge is -2.18. The van der Waals surface area contributed by atoms with Crippen molar-refractivity contribution in [3.05, 3.63) is 70.7 Å². The van der Waals surface area contributed by atoms with Gasteiger partial charge in [0.1, 0.15) is 0 Å². The van der Waals surface area contributed by atoms with E-state index in [0.29, 0.717) is 6.04 Å². The molecule has 1 nitrogen and oxygen atoms in total. The molecular weight excluding hydrogens is 278 g/mol. The Morgan fingerprint density at radius 2 is 1.67 bits per heavy atom. The molecule has 1 atom stereocenters. The van der Waals surface area contributed by atoms with Gasteiger partial charge in [-0.3, -0.25) is 0 Å². The molecule has 0 spiro atoms. The lowest BCUT2D eigenvalue weighted by Crippen LogP contribution is -2.32. The average molecular weight is 302 g/mol. The molecule has 2 heteroatoms. The number of benzene rings is 2. The van der Waals surface area contributed by atoms with Gasteiger partial charge in [-0.2, -0.15) is 0 Å². The second kappa shape index (κ2) is 8.86. The number of hydrogen-bond donors (Lipinski definition) is 1. The zero-order valence-electron chi connectivity index (χ0n) is 12.7. The predicted octanol–water partition coefficient (Wildman–Crippen LogP) is 4.88. The molecule has 2 rings (SSSR count). The smallest absolute Gasteiger partial charge is 0.0406 e. The van der Waals surface area contributed by atoms with Crippen molar-refractivity contribution < 1.29 is 0 Å². The fourth-order valence-electron chi connectivity index (χ4n) is 2.60. The first-order valence-corrected chi connectivity index (χ1v) is 8.17. The molecule has 0 aromatic heterocycles. The molecule has 1 unspecified atom stereocenters. The standard InChI is InChI=1S/C19H24ClN/c1-2-6-19(15-17-9-11-18(20)12-10-17)21-14-13-16-7-4-3-5-8-16/h3-5,7-12,19,21H,2,6,13-15H2,1H3. The van der Waals surface area contributed by atoms with E-state index >= 15 is 0 Å². The third kappa shape index (κ3) is 5.91. The highest BCUT2D eigenvalue weighted by Gasteiger charge is 2.08. The first-order chi connectivity index (χ1) is 10.3. The second-order valence-electron chi connectivity index (χ2n) is 5.51. The number of rotatable bonds is 8. The molecule has 0 aliphatic heterocycles. The highest BCUT2D eigenvalue weighted by molar-refractivity contribution is 6.30. The summed E-state index contributed by atoms with van der Waals surface area (Å²) in [6, 6.07) is 19.4. The molecule has 0 amide bonds. The monoisotopic (exact) mass is 301 g/mol. The first kappa shape index (κ1) is 16.1. The van der Waals surface area contributed by atoms with Gasteiger partial charge in [0.15, 0.2) is 0 Å². The molecule has 0 saturated carbocycles. The Morgan fingerprint density at radius 1 is 0.952 bits per heavy atom. The van der Waals surface area contributed by atoms with Crippen LogP contribution < -0.4 is 5.32 Å². The van der Waals surface area contributed by atoms with Gasteiger partial charge in [-0.1, -0.05) is 67.4 Å². The van der Waals surface area contributed by atoms with Gasteiger partial charge in [0.2, 0.25) is 0 Å². The van der Waals surface area contributed by atoms with E-state index in [1.54, 1.807) is 0 Å². The van der Waals surface area contributed by atoms with Crippen molar-refractivity contribution >= 4 is 11.6 Å². The van der Waals surface area contributed by atoms with E-state index in [2.05, 4.69) is 54.7 Å². The molecule has 0 heterocycles. The summed E-state index contributed by atoms with van der Waals surface area (Å²) in [4.78, 5) is 0. The van der Waals surface area contributed by atoms with Crippen LogP contribution in [0.4, 0.5) is 0 Å². The van der Waals surface area contributed by atoms with Crippen LogP contribution in [0.25, 0.3) is 0 Å². The van der Waals surface area contributed by atoms with Crippen LogP contribution in [-0.4, -0.2) is 12.6 Å². The molecule has 0 saturated heterocycles. The Balaban J connectivity index is 1.82. The van der Waals surface area contributed by atoms with Gasteiger partial charge in [0.25, 0.3) is 0 Å². The molecule has 2 aromatic rings. The number of halogens is 1. The van der Waals surface area contributed by atoms with Gasteiger partial charge >= 0.3 is 0 Å². The van der Waals surface area contributed by atoms with E-state index < -0.39 is 0 Å². The topological polar surface area (TPSA) is 12.0 Å². The van der Waals surface area contributed by atoms with Crippen molar-refractivity contribution in [1.29, 1.82) is 0 Å². The zero-order valence-corrected chi connectivity index (χ0v) is 13.4. The first-order valence-electron chi connectivity index (χ1n) is 7.79. The van der Waals surface area contributed by atoms with Crippen LogP contribution in [0, 0.1) is 0 Å². The molecule has 2 aromatic carbocycles. The van der Waals surface area contributed by atoms with Crippen molar-refractivity contribution in [3.8, 4) is 0 Å². The van der Waals surface area contributed by atoms with Crippen LogP contribution in [0.15, 0.2) is 54.6 Å². The summed E-state index contributed by atoms with van der Waals surface area (Å²) in [5.74, 6) is 0. The van der Waals surface area contributed by atoms with Crippen molar-refractivity contribution in [1.82, 2.24) is 5.32 Å². The van der Waals surface area contributed by atoms with Gasteiger partial charge in [0, 0.05) is 11.1 Å². The summed E-state index contributed by atoms with van der Waals surface area (Å²) < 4.78 is 0. The summed E-state index contributed by atoms with van der Waals surface area (Å²) in [5.41, 5.74) is 2.75. The van der Waals surface area contributed by atoms with Crippen LogP contribution in [0.2, 0.25) is 5.02 Å². The summed E-state index contributed by atoms with van der Waals surface area (Å²) >= 11 is 5.95. The molecule has 0 bridgehead atoms. The van der Waals surface area contributed by atoms with Crippen LogP contribution in [0.5, 0.6) is 0 Å². The van der Waals surface area contributed by atoms with Crippen molar-refractivity contribution in [2.75, 3.05) is 6.54 Å². The van der Waals surface area contributed by atoms with Gasteiger partial charge in [-0.15, -0.1) is 0 Å². The van der Waals surface area contributed by atoms with Crippen LogP contribution in [0.1, 0.15) is 30.9 Å². The average Bonchev–Trinajstić information content (AvgIpc) is 2.51. The molecule has 0 aliphatic rings. The zero-order chi connectivity index (χ0) is 14.9. The maximum absolute atomic E-state index is 5.95. The van der Waals surface area contributed by atoms with E-state index in [1.807, 2.05) is 12.1 Å². The highest BCUT2D eigenvalue weighted by atomic mass is 35.5. The Morgan fingerprint density at radius 3 is 2.33 bits per heavy atom. The third-order valence-electron chi connectivity index (χ3n) is 3.72. The summed E-state index contributed by atoms with van der Waals surface area (Å²) in [5, 5.41) is 4.51. The molecule has 0 fully saturated rings. The van der Waals surface area contributed by atoms with Crippen LogP contribution in [-0.2, 0) is 12.8 Å². The van der Waals surface area contributed by atoms with Gasteiger partial charge in [-0.25, -0.2) is 0 Å². The highest BCUT2D eigenvalue weighted by Crippen LogP contribution is 2.13. The van der Waals surface area contributed by atoms with E-state index in [0.717, 1.165) is 24.4 Å². The fourth-order valence-corrected chi connectivity index (χ4v) is 2.72. The molecule has 112 valence electrons. The van der Waals surface area contributed by atoms with Gasteiger partial charge < -0.3 is 5.32 Å². The molecular formula is C19H24ClN. The Labute approximate surface area is 133 Å². The van der Waals surface area contributed by atoms with E-state index in [-0.39, 0.29) is 0 Å². The minimum atomic E-state index is 0.542. The SMILES string of the molecule is CCCC(Cc1ccc(Cl)cc1)NCCc1ccccc1. The van der Waals surface area contributed by atoms with Crippen molar-refractivity contribution in [2.24, 2.45) is 0 Å². The normalized spacial score (nSPS) is 12.3. The van der Waals surface area contributed by atoms with Gasteiger partial charge in [-0.05, 0) is 49.1 Å². The van der Waals surface area contributed by atoms with Crippen LogP contribution >= 0.6 is 11.6 Å². The van der Waals surface area contributed by atoms with E-state index in [1.165, 1.54) is 24.0 Å². The van der Waals surface area contributed by atoms with E-state index in [9.17, 15) is 0 Å². The maximum Gasteiger partial charge on any atom is 0.0406 e. The van der Waals surface area contributed by atoms with E-state index in [4.69, 9.17) is 11.6 Å². The van der Waals surface area contributed by atoms with Crippen molar-refractivity contribution in [3.63, 3.8) is 0 Å². The molecule has 21 heavy (non-hydrogen) atoms. The number of hydrogen-bond acceptors (Lipinski definition) is 1. The Kier molecular flexibility index (Phi) is 6.78. The quantitative estimate of drug-likeness (QED) is 0.732. The Bertz CT molecular complexity index is 507. The minimum Gasteiger partial charge on any atom is -0.313 e. The summed E-state index contributed by atoms with van der Waals surface area (Å²) in [6.07, 6.45) is 4.56. The lowest BCUT2D eigenvalue weighted by molar-refractivity contribution is 0.476. The lowest BCUT2D eigenvalue weighted by atomic mass is 10.0.